The molecule has 0 unspecified atom stereocenters. The second kappa shape index (κ2) is 11.4. The standard InChI is InChI=1S/C25H41N3O/c1-7-20-13-10-14-21-23(17-26-25(20)21)22(18(4)5)16-24(29)27-19(6)12-11-15-28(8-2)9-3/h10,13-14,17-19,22,26H,7-9,11-12,15-16H2,1-6H3,(H,27,29)/p+1/t19-,22+/m1/s1. The van der Waals surface area contributed by atoms with Gasteiger partial charge in [-0.2, -0.15) is 0 Å². The number of benzene rings is 1. The van der Waals surface area contributed by atoms with Crippen LogP contribution >= 0.6 is 0 Å². The quantitative estimate of drug-likeness (QED) is 0.494. The van der Waals surface area contributed by atoms with E-state index in [1.165, 1.54) is 41.7 Å². The van der Waals surface area contributed by atoms with E-state index in [1.54, 1.807) is 4.90 Å². The highest BCUT2D eigenvalue weighted by Crippen LogP contribution is 2.34. The van der Waals surface area contributed by atoms with Gasteiger partial charge in [-0.25, -0.2) is 0 Å². The van der Waals surface area contributed by atoms with E-state index in [4.69, 9.17) is 0 Å². The van der Waals surface area contributed by atoms with Crippen LogP contribution in [0.2, 0.25) is 0 Å². The zero-order valence-electron chi connectivity index (χ0n) is 19.4. The van der Waals surface area contributed by atoms with Crippen molar-refractivity contribution in [3.63, 3.8) is 0 Å². The molecule has 29 heavy (non-hydrogen) atoms. The molecule has 4 heteroatoms. The van der Waals surface area contributed by atoms with Gasteiger partial charge in [-0.15, -0.1) is 0 Å². The summed E-state index contributed by atoms with van der Waals surface area (Å²) in [6.07, 6.45) is 5.89. The third kappa shape index (κ3) is 6.33. The van der Waals surface area contributed by atoms with E-state index in [0.717, 1.165) is 19.3 Å². The van der Waals surface area contributed by atoms with Crippen molar-refractivity contribution in [1.29, 1.82) is 0 Å². The lowest BCUT2D eigenvalue weighted by atomic mass is 9.85. The largest absolute Gasteiger partial charge is 0.361 e. The number of hydrogen-bond donors (Lipinski definition) is 3. The van der Waals surface area contributed by atoms with Crippen LogP contribution in [0.5, 0.6) is 0 Å². The molecule has 4 nitrogen and oxygen atoms in total. The van der Waals surface area contributed by atoms with Crippen molar-refractivity contribution in [2.45, 2.75) is 79.2 Å². The van der Waals surface area contributed by atoms with E-state index in [2.05, 4.69) is 76.2 Å². The van der Waals surface area contributed by atoms with E-state index in [-0.39, 0.29) is 17.9 Å². The molecule has 1 heterocycles. The molecule has 0 saturated heterocycles. The maximum Gasteiger partial charge on any atom is 0.220 e. The van der Waals surface area contributed by atoms with Gasteiger partial charge in [0.15, 0.2) is 0 Å². The average molecular weight is 401 g/mol. The predicted molar refractivity (Wildman–Crippen MR) is 124 cm³/mol. The van der Waals surface area contributed by atoms with Crippen LogP contribution in [0.3, 0.4) is 0 Å². The molecule has 0 aliphatic rings. The molecular weight excluding hydrogens is 358 g/mol. The molecule has 2 atom stereocenters. The molecule has 0 fully saturated rings. The van der Waals surface area contributed by atoms with Gasteiger partial charge in [-0.05, 0) is 63.0 Å². The summed E-state index contributed by atoms with van der Waals surface area (Å²) >= 11 is 0. The summed E-state index contributed by atoms with van der Waals surface area (Å²) in [4.78, 5) is 17.9. The van der Waals surface area contributed by atoms with Crippen molar-refractivity contribution >= 4 is 16.8 Å². The minimum atomic E-state index is 0.174. The van der Waals surface area contributed by atoms with E-state index >= 15 is 0 Å². The van der Waals surface area contributed by atoms with Crippen LogP contribution < -0.4 is 10.2 Å². The zero-order chi connectivity index (χ0) is 21.4. The first-order valence-electron chi connectivity index (χ1n) is 11.6. The second-order valence-corrected chi connectivity index (χ2v) is 8.81. The third-order valence-electron chi connectivity index (χ3n) is 6.40. The first-order chi connectivity index (χ1) is 13.9. The average Bonchev–Trinajstić information content (AvgIpc) is 3.13. The van der Waals surface area contributed by atoms with Crippen molar-refractivity contribution in [3.8, 4) is 0 Å². The lowest BCUT2D eigenvalue weighted by molar-refractivity contribution is -0.896. The van der Waals surface area contributed by atoms with E-state index in [0.29, 0.717) is 12.3 Å². The molecule has 0 saturated carbocycles. The van der Waals surface area contributed by atoms with Crippen LogP contribution in [-0.2, 0) is 11.2 Å². The number of rotatable bonds is 12. The number of quaternary nitrogens is 1. The minimum absolute atomic E-state index is 0.174. The number of carbonyl (C=O) groups excluding carboxylic acids is 1. The highest BCUT2D eigenvalue weighted by atomic mass is 16.1. The van der Waals surface area contributed by atoms with Crippen molar-refractivity contribution in [2.24, 2.45) is 5.92 Å². The van der Waals surface area contributed by atoms with Crippen LogP contribution in [0.15, 0.2) is 24.4 Å². The minimum Gasteiger partial charge on any atom is -0.361 e. The van der Waals surface area contributed by atoms with E-state index < -0.39 is 0 Å². The number of aromatic amines is 1. The van der Waals surface area contributed by atoms with Crippen LogP contribution in [0, 0.1) is 5.92 Å². The van der Waals surface area contributed by atoms with Gasteiger partial charge in [0, 0.05) is 29.6 Å². The number of aryl methyl sites for hydroxylation is 1. The van der Waals surface area contributed by atoms with Crippen LogP contribution in [0.25, 0.3) is 10.9 Å². The van der Waals surface area contributed by atoms with Gasteiger partial charge in [0.25, 0.3) is 0 Å². The first-order valence-corrected chi connectivity index (χ1v) is 11.6. The monoisotopic (exact) mass is 400 g/mol. The number of carbonyl (C=O) groups is 1. The normalized spacial score (nSPS) is 13.9. The highest BCUT2D eigenvalue weighted by Gasteiger charge is 2.23. The summed E-state index contributed by atoms with van der Waals surface area (Å²) in [5, 5.41) is 4.52. The Morgan fingerprint density at radius 1 is 1.14 bits per heavy atom. The number of H-pyrrole nitrogens is 1. The van der Waals surface area contributed by atoms with Crippen molar-refractivity contribution in [3.05, 3.63) is 35.5 Å². The van der Waals surface area contributed by atoms with Gasteiger partial charge in [0.2, 0.25) is 5.91 Å². The summed E-state index contributed by atoms with van der Waals surface area (Å²) < 4.78 is 0. The Bertz CT molecular complexity index is 761. The SMILES string of the molecule is CCc1cccc2c([C@@H](CC(=O)N[C@H](C)CCC[NH+](CC)CC)C(C)C)c[nH]c12. The van der Waals surface area contributed by atoms with E-state index in [1.807, 2.05) is 0 Å². The molecule has 3 N–H and O–H groups in total. The molecule has 0 spiro atoms. The summed E-state index contributed by atoms with van der Waals surface area (Å²) in [6.45, 7) is 16.8. The Morgan fingerprint density at radius 3 is 2.48 bits per heavy atom. The Labute approximate surface area is 177 Å². The molecule has 0 radical (unpaired) electrons. The Morgan fingerprint density at radius 2 is 1.86 bits per heavy atom. The summed E-state index contributed by atoms with van der Waals surface area (Å²) in [5.74, 6) is 0.808. The van der Waals surface area contributed by atoms with Crippen molar-refractivity contribution in [1.82, 2.24) is 10.3 Å². The fourth-order valence-electron chi connectivity index (χ4n) is 4.41. The van der Waals surface area contributed by atoms with Gasteiger partial charge in [-0.3, -0.25) is 4.79 Å². The number of nitrogens with one attached hydrogen (secondary N) is 3. The lowest BCUT2D eigenvalue weighted by Gasteiger charge is -2.22. The van der Waals surface area contributed by atoms with Gasteiger partial charge in [0.05, 0.1) is 19.6 Å². The van der Waals surface area contributed by atoms with Crippen molar-refractivity contribution < 1.29 is 9.69 Å². The molecule has 162 valence electrons. The Hall–Kier alpha value is -1.81. The number of hydrogen-bond acceptors (Lipinski definition) is 1. The fraction of sp³-hybridized carbons (Fsp3) is 0.640. The van der Waals surface area contributed by atoms with Crippen LogP contribution in [-0.4, -0.2) is 36.6 Å². The van der Waals surface area contributed by atoms with Gasteiger partial charge in [-0.1, -0.05) is 39.0 Å². The molecular formula is C25H42N3O+. The molecule has 0 aliphatic carbocycles. The molecule has 0 bridgehead atoms. The summed E-state index contributed by atoms with van der Waals surface area (Å²) in [5.41, 5.74) is 3.84. The fourth-order valence-corrected chi connectivity index (χ4v) is 4.41. The summed E-state index contributed by atoms with van der Waals surface area (Å²) in [7, 11) is 0. The molecule has 1 aromatic heterocycles. The number of para-hydroxylation sites is 1. The van der Waals surface area contributed by atoms with Crippen LogP contribution in [0.1, 0.15) is 77.8 Å². The maximum atomic E-state index is 12.8. The molecule has 1 aromatic carbocycles. The molecule has 2 rings (SSSR count). The number of amides is 1. The predicted octanol–water partition coefficient (Wildman–Crippen LogP) is 4.07. The number of fused-ring (bicyclic) bond motifs is 1. The topological polar surface area (TPSA) is 49.3 Å². The van der Waals surface area contributed by atoms with Gasteiger partial charge in [0.1, 0.15) is 0 Å². The second-order valence-electron chi connectivity index (χ2n) is 8.81. The smallest absolute Gasteiger partial charge is 0.220 e. The maximum absolute atomic E-state index is 12.8. The van der Waals surface area contributed by atoms with Crippen LogP contribution in [0.4, 0.5) is 0 Å². The zero-order valence-corrected chi connectivity index (χ0v) is 19.4. The number of aromatic nitrogens is 1. The highest BCUT2D eigenvalue weighted by molar-refractivity contribution is 5.87. The molecule has 0 aliphatic heterocycles. The third-order valence-corrected chi connectivity index (χ3v) is 6.40. The van der Waals surface area contributed by atoms with Gasteiger partial charge < -0.3 is 15.2 Å². The van der Waals surface area contributed by atoms with Gasteiger partial charge >= 0.3 is 0 Å². The first kappa shape index (κ1) is 23.5. The molecule has 1 amide bonds. The van der Waals surface area contributed by atoms with Crippen molar-refractivity contribution in [2.75, 3.05) is 19.6 Å². The Kier molecular flexibility index (Phi) is 9.22. The Balaban J connectivity index is 1.99. The molecule has 2 aromatic rings. The lowest BCUT2D eigenvalue weighted by Crippen LogP contribution is -3.11. The summed E-state index contributed by atoms with van der Waals surface area (Å²) in [6, 6.07) is 6.74. The van der Waals surface area contributed by atoms with E-state index in [9.17, 15) is 4.79 Å².